The van der Waals surface area contributed by atoms with Gasteiger partial charge in [0, 0.05) is 44.4 Å². The first-order chi connectivity index (χ1) is 14.8. The summed E-state index contributed by atoms with van der Waals surface area (Å²) >= 11 is 0. The van der Waals surface area contributed by atoms with Gasteiger partial charge in [-0.05, 0) is 23.6 Å². The van der Waals surface area contributed by atoms with Gasteiger partial charge in [0.05, 0.1) is 27.0 Å². The molecule has 168 valence electrons. The molecule has 0 unspecified atom stereocenters. The smallest absolute Gasteiger partial charge is 0.225 e. The van der Waals surface area contributed by atoms with Gasteiger partial charge in [0.1, 0.15) is 0 Å². The lowest BCUT2D eigenvalue weighted by Gasteiger charge is -2.36. The van der Waals surface area contributed by atoms with Crippen LogP contribution in [0.3, 0.4) is 0 Å². The van der Waals surface area contributed by atoms with Crippen LogP contribution < -0.4 is 19.1 Å². The number of ether oxygens (including phenoxy) is 3. The van der Waals surface area contributed by atoms with Crippen LogP contribution in [0.25, 0.3) is 11.3 Å². The minimum atomic E-state index is -0.00780. The molecule has 8 nitrogen and oxygen atoms in total. The predicted octanol–water partition coefficient (Wildman–Crippen LogP) is 3.25. The Morgan fingerprint density at radius 3 is 2.13 bits per heavy atom. The monoisotopic (exact) mass is 428 g/mol. The number of benzene rings is 1. The number of nitrogens with zero attached hydrogens (tertiary/aromatic N) is 4. The lowest BCUT2D eigenvalue weighted by Crippen LogP contribution is -2.49. The van der Waals surface area contributed by atoms with Crippen LogP contribution in [0.5, 0.6) is 17.2 Å². The maximum Gasteiger partial charge on any atom is 0.225 e. The molecule has 8 heteroatoms. The van der Waals surface area contributed by atoms with E-state index in [0.29, 0.717) is 55.8 Å². The van der Waals surface area contributed by atoms with Crippen molar-refractivity contribution in [3.8, 4) is 28.5 Å². The largest absolute Gasteiger partial charge is 0.493 e. The average molecular weight is 429 g/mol. The minimum Gasteiger partial charge on any atom is -0.493 e. The van der Waals surface area contributed by atoms with Gasteiger partial charge in [-0.25, -0.2) is 9.97 Å². The highest BCUT2D eigenvalue weighted by Crippen LogP contribution is 2.40. The van der Waals surface area contributed by atoms with Gasteiger partial charge in [0.15, 0.2) is 11.5 Å². The van der Waals surface area contributed by atoms with Crippen molar-refractivity contribution in [2.24, 2.45) is 5.41 Å². The molecule has 1 amide bonds. The number of aromatic nitrogens is 2. The average Bonchev–Trinajstić information content (AvgIpc) is 2.77. The van der Waals surface area contributed by atoms with Gasteiger partial charge in [0.25, 0.3) is 0 Å². The Morgan fingerprint density at radius 2 is 1.61 bits per heavy atom. The third kappa shape index (κ3) is 5.37. The highest BCUT2D eigenvalue weighted by molar-refractivity contribution is 5.77. The lowest BCUT2D eigenvalue weighted by molar-refractivity contribution is -0.133. The van der Waals surface area contributed by atoms with Gasteiger partial charge in [-0.3, -0.25) is 4.79 Å². The Hall–Kier alpha value is -3.03. The second kappa shape index (κ2) is 9.41. The van der Waals surface area contributed by atoms with E-state index >= 15 is 0 Å². The Labute approximate surface area is 184 Å². The number of rotatable bonds is 6. The number of hydrogen-bond acceptors (Lipinski definition) is 7. The summed E-state index contributed by atoms with van der Waals surface area (Å²) in [6.45, 7) is 9.01. The van der Waals surface area contributed by atoms with Crippen LogP contribution in [0.15, 0.2) is 24.4 Å². The van der Waals surface area contributed by atoms with Gasteiger partial charge >= 0.3 is 0 Å². The molecule has 31 heavy (non-hydrogen) atoms. The van der Waals surface area contributed by atoms with Crippen LogP contribution in [0.4, 0.5) is 5.95 Å². The fourth-order valence-corrected chi connectivity index (χ4v) is 3.61. The number of carbonyl (C=O) groups excluding carboxylic acids is 1. The fraction of sp³-hybridized carbons (Fsp3) is 0.522. The minimum absolute atomic E-state index is 0.00780. The molecule has 3 rings (SSSR count). The number of amides is 1. The quantitative estimate of drug-likeness (QED) is 0.699. The topological polar surface area (TPSA) is 77.0 Å². The number of carbonyl (C=O) groups is 1. The van der Waals surface area contributed by atoms with Crippen molar-refractivity contribution in [3.63, 3.8) is 0 Å². The molecule has 0 saturated carbocycles. The van der Waals surface area contributed by atoms with Crippen molar-refractivity contribution >= 4 is 11.9 Å². The van der Waals surface area contributed by atoms with Crippen molar-refractivity contribution in [2.75, 3.05) is 52.4 Å². The summed E-state index contributed by atoms with van der Waals surface area (Å²) in [5.74, 6) is 2.54. The van der Waals surface area contributed by atoms with Crippen molar-refractivity contribution in [2.45, 2.75) is 27.2 Å². The summed E-state index contributed by atoms with van der Waals surface area (Å²) in [6.07, 6.45) is 2.30. The molecule has 0 radical (unpaired) electrons. The number of piperazine rings is 1. The Morgan fingerprint density at radius 1 is 1.00 bits per heavy atom. The highest BCUT2D eigenvalue weighted by atomic mass is 16.5. The number of methoxy groups -OCH3 is 3. The van der Waals surface area contributed by atoms with Crippen molar-refractivity contribution in [3.05, 3.63) is 24.4 Å². The zero-order valence-electron chi connectivity index (χ0n) is 19.3. The van der Waals surface area contributed by atoms with E-state index in [0.717, 1.165) is 11.3 Å². The zero-order chi connectivity index (χ0) is 22.6. The summed E-state index contributed by atoms with van der Waals surface area (Å²) in [4.78, 5) is 25.8. The Bertz CT molecular complexity index is 893. The van der Waals surface area contributed by atoms with E-state index in [1.54, 1.807) is 27.5 Å². The summed E-state index contributed by atoms with van der Waals surface area (Å²) in [6, 6.07) is 5.60. The van der Waals surface area contributed by atoms with Crippen LogP contribution in [0, 0.1) is 5.41 Å². The Balaban J connectivity index is 1.77. The first kappa shape index (κ1) is 22.7. The summed E-state index contributed by atoms with van der Waals surface area (Å²) < 4.78 is 16.3. The molecule has 2 heterocycles. The van der Waals surface area contributed by atoms with Crippen LogP contribution in [-0.2, 0) is 4.79 Å². The summed E-state index contributed by atoms with van der Waals surface area (Å²) in [5, 5.41) is 0. The number of hydrogen-bond donors (Lipinski definition) is 0. The van der Waals surface area contributed by atoms with Gasteiger partial charge < -0.3 is 24.0 Å². The van der Waals surface area contributed by atoms with Gasteiger partial charge in [-0.2, -0.15) is 0 Å². The highest BCUT2D eigenvalue weighted by Gasteiger charge is 2.26. The van der Waals surface area contributed by atoms with E-state index in [4.69, 9.17) is 19.2 Å². The molecule has 0 N–H and O–H groups in total. The molecule has 1 fully saturated rings. The van der Waals surface area contributed by atoms with Crippen LogP contribution in [-0.4, -0.2) is 68.3 Å². The second-order valence-corrected chi connectivity index (χ2v) is 8.76. The fourth-order valence-electron chi connectivity index (χ4n) is 3.61. The lowest BCUT2D eigenvalue weighted by atomic mass is 9.91. The van der Waals surface area contributed by atoms with Crippen LogP contribution in [0.2, 0.25) is 0 Å². The van der Waals surface area contributed by atoms with Gasteiger partial charge in [0.2, 0.25) is 17.6 Å². The summed E-state index contributed by atoms with van der Waals surface area (Å²) in [7, 11) is 4.76. The van der Waals surface area contributed by atoms with E-state index in [1.165, 1.54) is 0 Å². The maximum absolute atomic E-state index is 12.5. The van der Waals surface area contributed by atoms with Crippen LogP contribution >= 0.6 is 0 Å². The van der Waals surface area contributed by atoms with Gasteiger partial charge in [-0.1, -0.05) is 20.8 Å². The standard InChI is InChI=1S/C23H32N4O4/c1-23(2,3)15-20(28)26-9-11-27(12-10-26)22-24-8-7-17(25-22)16-13-18(29-4)21(31-6)19(14-16)30-5/h7-8,13-14H,9-12,15H2,1-6H3. The molecular formula is C23H32N4O4. The van der Waals surface area contributed by atoms with Crippen molar-refractivity contribution in [1.29, 1.82) is 0 Å². The third-order valence-corrected chi connectivity index (χ3v) is 5.20. The molecule has 1 aliphatic heterocycles. The SMILES string of the molecule is COc1cc(-c2ccnc(N3CCN(C(=O)CC(C)(C)C)CC3)n2)cc(OC)c1OC. The molecule has 0 bridgehead atoms. The van der Waals surface area contributed by atoms with E-state index in [2.05, 4.69) is 30.7 Å². The van der Waals surface area contributed by atoms with E-state index in [-0.39, 0.29) is 11.3 Å². The molecule has 0 atom stereocenters. The zero-order valence-corrected chi connectivity index (χ0v) is 19.3. The molecule has 1 aromatic heterocycles. The predicted molar refractivity (Wildman–Crippen MR) is 120 cm³/mol. The van der Waals surface area contributed by atoms with E-state index in [1.807, 2.05) is 23.1 Å². The van der Waals surface area contributed by atoms with Crippen LogP contribution in [0.1, 0.15) is 27.2 Å². The van der Waals surface area contributed by atoms with Gasteiger partial charge in [-0.15, -0.1) is 0 Å². The summed E-state index contributed by atoms with van der Waals surface area (Å²) in [5.41, 5.74) is 1.60. The molecule has 1 aliphatic rings. The molecule has 2 aromatic rings. The molecule has 0 spiro atoms. The molecule has 1 saturated heterocycles. The maximum atomic E-state index is 12.5. The van der Waals surface area contributed by atoms with Crippen molar-refractivity contribution < 1.29 is 19.0 Å². The van der Waals surface area contributed by atoms with E-state index in [9.17, 15) is 4.79 Å². The number of anilines is 1. The van der Waals surface area contributed by atoms with E-state index < -0.39 is 0 Å². The van der Waals surface area contributed by atoms with Crippen molar-refractivity contribution in [1.82, 2.24) is 14.9 Å². The molecule has 0 aliphatic carbocycles. The normalized spacial score (nSPS) is 14.4. The third-order valence-electron chi connectivity index (χ3n) is 5.20. The first-order valence-electron chi connectivity index (χ1n) is 10.4. The Kier molecular flexibility index (Phi) is 6.87. The molecular weight excluding hydrogens is 396 g/mol. The first-order valence-corrected chi connectivity index (χ1v) is 10.4. The second-order valence-electron chi connectivity index (χ2n) is 8.76. The molecule has 1 aromatic carbocycles.